The maximum Gasteiger partial charge on any atom is 0.220 e. The van der Waals surface area contributed by atoms with Gasteiger partial charge in [-0.05, 0) is 6.42 Å². The van der Waals surface area contributed by atoms with Crippen LogP contribution in [0.15, 0.2) is 0 Å². The van der Waals surface area contributed by atoms with Crippen LogP contribution in [0.25, 0.3) is 0 Å². The summed E-state index contributed by atoms with van der Waals surface area (Å²) in [7, 11) is 0. The fraction of sp³-hybridized carbons (Fsp3) is 0.938. The lowest BCUT2D eigenvalue weighted by atomic mass is 9.95. The molecule has 1 saturated heterocycles. The third kappa shape index (κ3) is 6.29. The standard InChI is InChI=1S/C16H33N3O9/c1-2-3-10(24)19-12-9(6-21)27-16(14(26)13(12)25)28-15(7(22)4-17)11(18)8(23)5-20/h7-9,11-16,20-23,25-26H,2-6,17-18H2,1H3,(H,19,24)/t7-,8-,9-,11-,12-,13+,14-,15+,16+/m1/s1. The van der Waals surface area contributed by atoms with E-state index in [2.05, 4.69) is 5.32 Å². The second-order valence-corrected chi connectivity index (χ2v) is 6.78. The SMILES string of the molecule is CCCC(=O)N[C@H]1[C@H](O)[C@@H](O)[C@H](O[C@H]([C@H](N)[C@H](O)CO)[C@H](O)CN)O[C@@H]1CO. The summed E-state index contributed by atoms with van der Waals surface area (Å²) >= 11 is 0. The molecule has 9 atom stereocenters. The van der Waals surface area contributed by atoms with E-state index in [1.165, 1.54) is 0 Å². The average Bonchev–Trinajstić information content (AvgIpc) is 2.69. The Kier molecular flexibility index (Phi) is 10.7. The van der Waals surface area contributed by atoms with Crippen molar-refractivity contribution in [2.75, 3.05) is 19.8 Å². The second kappa shape index (κ2) is 11.9. The molecule has 12 heteroatoms. The first kappa shape index (κ1) is 25.1. The molecule has 1 aliphatic heterocycles. The fourth-order valence-electron chi connectivity index (χ4n) is 2.93. The molecule has 1 heterocycles. The molecular formula is C16H33N3O9. The Balaban J connectivity index is 2.94. The highest BCUT2D eigenvalue weighted by molar-refractivity contribution is 5.76. The first-order chi connectivity index (χ1) is 13.2. The van der Waals surface area contributed by atoms with Gasteiger partial charge in [0.1, 0.15) is 24.4 Å². The molecule has 28 heavy (non-hydrogen) atoms. The van der Waals surface area contributed by atoms with Crippen LogP contribution in [0, 0.1) is 0 Å². The van der Waals surface area contributed by atoms with Crippen LogP contribution in [-0.2, 0) is 14.3 Å². The molecule has 11 N–H and O–H groups in total. The molecule has 0 saturated carbocycles. The van der Waals surface area contributed by atoms with Gasteiger partial charge in [-0.1, -0.05) is 6.92 Å². The molecule has 1 rings (SSSR count). The Bertz CT molecular complexity index is 471. The van der Waals surface area contributed by atoms with Gasteiger partial charge in [0, 0.05) is 13.0 Å². The molecule has 1 fully saturated rings. The van der Waals surface area contributed by atoms with Crippen molar-refractivity contribution in [2.45, 2.75) is 74.8 Å². The molecule has 166 valence electrons. The van der Waals surface area contributed by atoms with Gasteiger partial charge in [-0.15, -0.1) is 0 Å². The average molecular weight is 411 g/mol. The van der Waals surface area contributed by atoms with E-state index in [1.54, 1.807) is 6.92 Å². The first-order valence-electron chi connectivity index (χ1n) is 9.21. The lowest BCUT2D eigenvalue weighted by molar-refractivity contribution is -0.302. The quantitative estimate of drug-likeness (QED) is 0.157. The number of hydrogen-bond donors (Lipinski definition) is 9. The molecule has 0 bridgehead atoms. The highest BCUT2D eigenvalue weighted by Gasteiger charge is 2.47. The minimum atomic E-state index is -1.67. The number of hydrogen-bond acceptors (Lipinski definition) is 11. The van der Waals surface area contributed by atoms with Crippen LogP contribution < -0.4 is 16.8 Å². The topological polar surface area (TPSA) is 221 Å². The monoisotopic (exact) mass is 411 g/mol. The van der Waals surface area contributed by atoms with Gasteiger partial charge >= 0.3 is 0 Å². The number of aliphatic hydroxyl groups is 6. The fourth-order valence-corrected chi connectivity index (χ4v) is 2.93. The molecule has 0 aromatic rings. The summed E-state index contributed by atoms with van der Waals surface area (Å²) in [6.07, 6.45) is -9.30. The zero-order valence-electron chi connectivity index (χ0n) is 15.8. The predicted octanol–water partition coefficient (Wildman–Crippen LogP) is -4.90. The molecule has 0 aromatic heterocycles. The van der Waals surface area contributed by atoms with E-state index in [9.17, 15) is 30.3 Å². The largest absolute Gasteiger partial charge is 0.394 e. The molecule has 12 nitrogen and oxygen atoms in total. The Hall–Kier alpha value is -0.930. The highest BCUT2D eigenvalue weighted by Crippen LogP contribution is 2.25. The van der Waals surface area contributed by atoms with Gasteiger partial charge in [-0.3, -0.25) is 4.79 Å². The third-order valence-electron chi connectivity index (χ3n) is 4.61. The van der Waals surface area contributed by atoms with Crippen molar-refractivity contribution in [2.24, 2.45) is 11.5 Å². The van der Waals surface area contributed by atoms with E-state index in [1.807, 2.05) is 0 Å². The summed E-state index contributed by atoms with van der Waals surface area (Å²) in [6.45, 7) is 0.180. The van der Waals surface area contributed by atoms with E-state index in [-0.39, 0.29) is 18.9 Å². The number of amides is 1. The number of aliphatic hydroxyl groups excluding tert-OH is 6. The van der Waals surface area contributed by atoms with E-state index in [0.717, 1.165) is 0 Å². The van der Waals surface area contributed by atoms with Crippen molar-refractivity contribution in [3.8, 4) is 0 Å². The normalized spacial score (nSPS) is 32.4. The summed E-state index contributed by atoms with van der Waals surface area (Å²) < 4.78 is 10.9. The summed E-state index contributed by atoms with van der Waals surface area (Å²) in [4.78, 5) is 11.8. The van der Waals surface area contributed by atoms with Crippen LogP contribution in [0.4, 0.5) is 0 Å². The number of rotatable bonds is 11. The van der Waals surface area contributed by atoms with Gasteiger partial charge in [0.05, 0.1) is 37.5 Å². The predicted molar refractivity (Wildman–Crippen MR) is 95.6 cm³/mol. The van der Waals surface area contributed by atoms with Crippen LogP contribution in [-0.4, -0.2) is 111 Å². The van der Waals surface area contributed by atoms with E-state index >= 15 is 0 Å². The van der Waals surface area contributed by atoms with Crippen LogP contribution in [0.1, 0.15) is 19.8 Å². The Morgan fingerprint density at radius 3 is 2.36 bits per heavy atom. The summed E-state index contributed by atoms with van der Waals surface area (Å²) in [6, 6.07) is -2.38. The molecule has 0 spiro atoms. The van der Waals surface area contributed by atoms with Gasteiger partial charge in [-0.2, -0.15) is 0 Å². The van der Waals surface area contributed by atoms with Crippen LogP contribution in [0.5, 0.6) is 0 Å². The minimum absolute atomic E-state index is 0.191. The zero-order chi connectivity index (χ0) is 21.4. The second-order valence-electron chi connectivity index (χ2n) is 6.78. The van der Waals surface area contributed by atoms with Crippen LogP contribution >= 0.6 is 0 Å². The molecule has 0 aromatic carbocycles. The Labute approximate surface area is 163 Å². The molecule has 0 radical (unpaired) electrons. The van der Waals surface area contributed by atoms with Gasteiger partial charge < -0.3 is 56.9 Å². The number of nitrogens with one attached hydrogen (secondary N) is 1. The zero-order valence-corrected chi connectivity index (χ0v) is 15.8. The smallest absolute Gasteiger partial charge is 0.220 e. The van der Waals surface area contributed by atoms with Gasteiger partial charge in [-0.25, -0.2) is 0 Å². The van der Waals surface area contributed by atoms with Crippen molar-refractivity contribution < 1.29 is 44.9 Å². The molecule has 0 aliphatic carbocycles. The van der Waals surface area contributed by atoms with Crippen LogP contribution in [0.2, 0.25) is 0 Å². The lowest BCUT2D eigenvalue weighted by Crippen LogP contribution is -2.66. The highest BCUT2D eigenvalue weighted by atomic mass is 16.7. The van der Waals surface area contributed by atoms with Crippen molar-refractivity contribution in [3.63, 3.8) is 0 Å². The number of ether oxygens (including phenoxy) is 2. The Morgan fingerprint density at radius 2 is 1.86 bits per heavy atom. The molecule has 1 aliphatic rings. The van der Waals surface area contributed by atoms with Crippen molar-refractivity contribution in [1.29, 1.82) is 0 Å². The van der Waals surface area contributed by atoms with Gasteiger partial charge in [0.15, 0.2) is 6.29 Å². The maximum atomic E-state index is 11.8. The lowest BCUT2D eigenvalue weighted by Gasteiger charge is -2.44. The molecule has 0 unspecified atom stereocenters. The van der Waals surface area contributed by atoms with E-state index < -0.39 is 68.2 Å². The minimum Gasteiger partial charge on any atom is -0.394 e. The van der Waals surface area contributed by atoms with Crippen molar-refractivity contribution in [3.05, 3.63) is 0 Å². The van der Waals surface area contributed by atoms with E-state index in [4.69, 9.17) is 26.0 Å². The van der Waals surface area contributed by atoms with Crippen LogP contribution in [0.3, 0.4) is 0 Å². The summed E-state index contributed by atoms with van der Waals surface area (Å²) in [5.74, 6) is -0.385. The molecular weight excluding hydrogens is 378 g/mol. The summed E-state index contributed by atoms with van der Waals surface area (Å²) in [5.41, 5.74) is 11.2. The summed E-state index contributed by atoms with van der Waals surface area (Å²) in [5, 5.41) is 61.6. The van der Waals surface area contributed by atoms with Gasteiger partial charge in [0.25, 0.3) is 0 Å². The molecule has 1 amide bonds. The van der Waals surface area contributed by atoms with E-state index in [0.29, 0.717) is 6.42 Å². The Morgan fingerprint density at radius 1 is 1.21 bits per heavy atom. The number of nitrogens with two attached hydrogens (primary N) is 2. The first-order valence-corrected chi connectivity index (χ1v) is 9.21. The number of carbonyl (C=O) groups excluding carboxylic acids is 1. The van der Waals surface area contributed by atoms with Gasteiger partial charge in [0.2, 0.25) is 5.91 Å². The maximum absolute atomic E-state index is 11.8. The van der Waals surface area contributed by atoms with Crippen molar-refractivity contribution >= 4 is 5.91 Å². The number of carbonyl (C=O) groups is 1. The third-order valence-corrected chi connectivity index (χ3v) is 4.61. The van der Waals surface area contributed by atoms with Crippen molar-refractivity contribution in [1.82, 2.24) is 5.32 Å².